The highest BCUT2D eigenvalue weighted by Gasteiger charge is 2.27. The van der Waals surface area contributed by atoms with Gasteiger partial charge in [-0.05, 0) is 49.4 Å². The molecule has 1 heterocycles. The van der Waals surface area contributed by atoms with Crippen molar-refractivity contribution in [2.24, 2.45) is 4.99 Å². The molecule has 146 valence electrons. The van der Waals surface area contributed by atoms with Crippen molar-refractivity contribution in [3.8, 4) is 5.75 Å². The fraction of sp³-hybridized carbons (Fsp3) is 0.211. The summed E-state index contributed by atoms with van der Waals surface area (Å²) in [6.07, 6.45) is -0.0512. The van der Waals surface area contributed by atoms with Gasteiger partial charge in [0, 0.05) is 21.4 Å². The molecule has 7 nitrogen and oxygen atoms in total. The molecule has 0 radical (unpaired) electrons. The molecule has 0 aliphatic carbocycles. The molecule has 3 N–H and O–H groups in total. The summed E-state index contributed by atoms with van der Waals surface area (Å²) in [6, 6.07) is 10.9. The molecule has 0 spiro atoms. The van der Waals surface area contributed by atoms with Crippen molar-refractivity contribution >= 4 is 52.4 Å². The molecule has 9 heteroatoms. The number of rotatable bonds is 5. The highest BCUT2D eigenvalue weighted by Crippen LogP contribution is 2.23. The first-order valence-corrected chi connectivity index (χ1v) is 9.33. The normalized spacial score (nSPS) is 16.0. The van der Waals surface area contributed by atoms with Crippen molar-refractivity contribution in [2.75, 3.05) is 17.2 Å². The molecule has 2 amide bonds. The Morgan fingerprint density at radius 2 is 1.86 bits per heavy atom. The Kier molecular flexibility index (Phi) is 6.38. The third-order valence-corrected chi connectivity index (χ3v) is 4.22. The quantitative estimate of drug-likeness (QED) is 0.687. The number of guanidine groups is 1. The molecule has 2 aromatic rings. The average molecular weight is 421 g/mol. The maximum absolute atomic E-state index is 12.5. The van der Waals surface area contributed by atoms with Crippen molar-refractivity contribution in [1.29, 1.82) is 0 Å². The molecular weight excluding hydrogens is 403 g/mol. The van der Waals surface area contributed by atoms with Gasteiger partial charge in [-0.1, -0.05) is 23.2 Å². The van der Waals surface area contributed by atoms with Gasteiger partial charge < -0.3 is 15.4 Å². The van der Waals surface area contributed by atoms with Gasteiger partial charge in [-0.3, -0.25) is 14.9 Å². The van der Waals surface area contributed by atoms with Gasteiger partial charge >= 0.3 is 0 Å². The van der Waals surface area contributed by atoms with Crippen LogP contribution in [0.15, 0.2) is 47.5 Å². The Morgan fingerprint density at radius 1 is 1.18 bits per heavy atom. The number of benzene rings is 2. The van der Waals surface area contributed by atoms with Crippen molar-refractivity contribution in [3.05, 3.63) is 52.5 Å². The number of halogens is 2. The van der Waals surface area contributed by atoms with Crippen LogP contribution in [0.1, 0.15) is 13.3 Å². The summed E-state index contributed by atoms with van der Waals surface area (Å²) in [5.41, 5.74) is 1.13. The number of nitrogens with zero attached hydrogens (tertiary/aromatic N) is 1. The minimum Gasteiger partial charge on any atom is -0.494 e. The molecule has 1 atom stereocenters. The van der Waals surface area contributed by atoms with Crippen molar-refractivity contribution in [2.45, 2.75) is 19.4 Å². The fourth-order valence-electron chi connectivity index (χ4n) is 2.60. The zero-order valence-corrected chi connectivity index (χ0v) is 16.5. The molecule has 0 fully saturated rings. The van der Waals surface area contributed by atoms with Crippen LogP contribution in [0.4, 0.5) is 11.4 Å². The number of hydrogen-bond acceptors (Lipinski definition) is 5. The van der Waals surface area contributed by atoms with Gasteiger partial charge in [0.1, 0.15) is 11.8 Å². The number of ether oxygens (including phenoxy) is 1. The highest BCUT2D eigenvalue weighted by atomic mass is 35.5. The minimum atomic E-state index is -0.863. The largest absolute Gasteiger partial charge is 0.494 e. The Balaban J connectivity index is 1.70. The molecule has 28 heavy (non-hydrogen) atoms. The van der Waals surface area contributed by atoms with Gasteiger partial charge in [-0.15, -0.1) is 0 Å². The van der Waals surface area contributed by atoms with Crippen LogP contribution in [-0.4, -0.2) is 30.4 Å². The second-order valence-electron chi connectivity index (χ2n) is 5.98. The number of nitrogens with one attached hydrogen (secondary N) is 3. The van der Waals surface area contributed by atoms with E-state index >= 15 is 0 Å². The van der Waals surface area contributed by atoms with Crippen molar-refractivity contribution in [1.82, 2.24) is 5.32 Å². The van der Waals surface area contributed by atoms with E-state index in [0.29, 0.717) is 33.8 Å². The zero-order chi connectivity index (χ0) is 20.1. The molecule has 0 bridgehead atoms. The first-order valence-electron chi connectivity index (χ1n) is 8.57. The lowest BCUT2D eigenvalue weighted by atomic mass is 10.1. The van der Waals surface area contributed by atoms with Crippen LogP contribution in [0, 0.1) is 0 Å². The highest BCUT2D eigenvalue weighted by molar-refractivity contribution is 6.35. The van der Waals surface area contributed by atoms with Crippen LogP contribution < -0.4 is 20.7 Å². The lowest BCUT2D eigenvalue weighted by Crippen LogP contribution is -2.45. The Bertz CT molecular complexity index is 896. The van der Waals surface area contributed by atoms with Crippen molar-refractivity contribution in [3.63, 3.8) is 0 Å². The van der Waals surface area contributed by atoms with Crippen LogP contribution >= 0.6 is 23.2 Å². The molecular formula is C19H18Cl2N4O3. The first kappa shape index (κ1) is 20.0. The lowest BCUT2D eigenvalue weighted by molar-refractivity contribution is -0.124. The van der Waals surface area contributed by atoms with Gasteiger partial charge in [0.15, 0.2) is 0 Å². The average Bonchev–Trinajstić information content (AvgIpc) is 2.62. The number of aliphatic imine (C=N–C) groups is 1. The maximum Gasteiger partial charge on any atom is 0.249 e. The molecule has 0 unspecified atom stereocenters. The fourth-order valence-corrected chi connectivity index (χ4v) is 3.12. The predicted molar refractivity (Wildman–Crippen MR) is 110 cm³/mol. The Morgan fingerprint density at radius 3 is 2.50 bits per heavy atom. The Hall–Kier alpha value is -2.77. The number of amides is 2. The molecule has 0 saturated heterocycles. The van der Waals surface area contributed by atoms with E-state index in [4.69, 9.17) is 27.9 Å². The van der Waals surface area contributed by atoms with E-state index in [1.807, 2.05) is 6.92 Å². The summed E-state index contributed by atoms with van der Waals surface area (Å²) < 4.78 is 5.37. The van der Waals surface area contributed by atoms with Gasteiger partial charge in [0.25, 0.3) is 0 Å². The summed E-state index contributed by atoms with van der Waals surface area (Å²) >= 11 is 11.9. The van der Waals surface area contributed by atoms with Gasteiger partial charge in [-0.25, -0.2) is 4.99 Å². The van der Waals surface area contributed by atoms with E-state index in [1.54, 1.807) is 42.5 Å². The van der Waals surface area contributed by atoms with E-state index < -0.39 is 6.04 Å². The zero-order valence-electron chi connectivity index (χ0n) is 15.0. The van der Waals surface area contributed by atoms with Crippen LogP contribution in [0.2, 0.25) is 10.0 Å². The van der Waals surface area contributed by atoms with Gasteiger partial charge in [-0.2, -0.15) is 0 Å². The third-order valence-electron chi connectivity index (χ3n) is 3.78. The third kappa shape index (κ3) is 5.37. The van der Waals surface area contributed by atoms with Crippen LogP contribution in [-0.2, 0) is 9.59 Å². The van der Waals surface area contributed by atoms with Gasteiger partial charge in [0.2, 0.25) is 17.8 Å². The Labute approximate surface area is 172 Å². The van der Waals surface area contributed by atoms with Crippen molar-refractivity contribution < 1.29 is 14.3 Å². The van der Waals surface area contributed by atoms with E-state index in [0.717, 1.165) is 0 Å². The van der Waals surface area contributed by atoms with E-state index in [2.05, 4.69) is 20.9 Å². The summed E-state index contributed by atoms with van der Waals surface area (Å²) in [6.45, 7) is 2.45. The number of carbonyl (C=O) groups is 2. The second-order valence-corrected chi connectivity index (χ2v) is 6.85. The van der Waals surface area contributed by atoms with E-state index in [1.165, 1.54) is 0 Å². The maximum atomic E-state index is 12.5. The lowest BCUT2D eigenvalue weighted by Gasteiger charge is -2.21. The molecule has 0 saturated carbocycles. The molecule has 2 aromatic carbocycles. The summed E-state index contributed by atoms with van der Waals surface area (Å²) in [4.78, 5) is 28.8. The van der Waals surface area contributed by atoms with Gasteiger partial charge in [0.05, 0.1) is 13.0 Å². The monoisotopic (exact) mass is 420 g/mol. The summed E-state index contributed by atoms with van der Waals surface area (Å²) in [5, 5.41) is 9.13. The SMILES string of the molecule is CCOc1ccc(NC(=O)[C@H]2CC(=O)NC(Nc3cc(Cl)cc(Cl)c3)=N2)cc1. The molecule has 1 aliphatic heterocycles. The number of carbonyl (C=O) groups excluding carboxylic acids is 2. The topological polar surface area (TPSA) is 91.8 Å². The smallest absolute Gasteiger partial charge is 0.249 e. The minimum absolute atomic E-state index is 0.0512. The summed E-state index contributed by atoms with van der Waals surface area (Å²) in [7, 11) is 0. The standard InChI is InChI=1S/C19H18Cl2N4O3/c1-2-28-15-5-3-13(4-6-15)22-18(27)16-10-17(26)25-19(24-16)23-14-8-11(20)7-12(21)9-14/h3-9,16H,2,10H2,1H3,(H,22,27)(H2,23,24,25,26)/t16-/m1/s1. The molecule has 0 aromatic heterocycles. The van der Waals surface area contributed by atoms with Crippen LogP contribution in [0.25, 0.3) is 0 Å². The van der Waals surface area contributed by atoms with Crippen LogP contribution in [0.3, 0.4) is 0 Å². The molecule has 3 rings (SSSR count). The van der Waals surface area contributed by atoms with E-state index in [9.17, 15) is 9.59 Å². The number of hydrogen-bond donors (Lipinski definition) is 3. The summed E-state index contributed by atoms with van der Waals surface area (Å²) in [5.74, 6) is 0.156. The van der Waals surface area contributed by atoms with E-state index in [-0.39, 0.29) is 24.2 Å². The molecule has 1 aliphatic rings. The van der Waals surface area contributed by atoms with Crippen LogP contribution in [0.5, 0.6) is 5.75 Å². The predicted octanol–water partition coefficient (Wildman–Crippen LogP) is 3.69. The number of anilines is 2. The first-order chi connectivity index (χ1) is 13.4. The second kappa shape index (κ2) is 8.95.